The number of amides is 1. The normalized spacial score (nSPS) is 11.0. The third kappa shape index (κ3) is 14.6. The molecule has 0 unspecified atom stereocenters. The summed E-state index contributed by atoms with van der Waals surface area (Å²) in [5, 5.41) is 9.42. The lowest BCUT2D eigenvalue weighted by Gasteiger charge is -2.12. The Hall–Kier alpha value is -1.39. The molecule has 0 heterocycles. The highest BCUT2D eigenvalue weighted by Gasteiger charge is 2.02. The van der Waals surface area contributed by atoms with Crippen molar-refractivity contribution in [1.29, 1.82) is 0 Å². The summed E-state index contributed by atoms with van der Waals surface area (Å²) < 4.78 is 11.0. The van der Waals surface area contributed by atoms with Crippen LogP contribution in [0.1, 0.15) is 52.0 Å². The van der Waals surface area contributed by atoms with Crippen LogP contribution in [-0.2, 0) is 20.8 Å². The number of unbranched alkanes of at least 4 members (excludes halogenated alkanes) is 1. The minimum Gasteiger partial charge on any atom is -0.379 e. The van der Waals surface area contributed by atoms with Gasteiger partial charge in [0.25, 0.3) is 0 Å². The third-order valence-electron chi connectivity index (χ3n) is 4.00. The predicted molar refractivity (Wildman–Crippen MR) is 135 cm³/mol. The van der Waals surface area contributed by atoms with Crippen molar-refractivity contribution < 1.29 is 14.3 Å². The molecule has 0 aliphatic carbocycles. The lowest BCUT2D eigenvalue weighted by Crippen LogP contribution is -2.39. The molecule has 30 heavy (non-hydrogen) atoms. The minimum absolute atomic E-state index is 0. The Morgan fingerprint density at radius 1 is 1.00 bits per heavy atom. The van der Waals surface area contributed by atoms with Gasteiger partial charge in [0.05, 0.1) is 26.4 Å². The van der Waals surface area contributed by atoms with Crippen molar-refractivity contribution in [3.63, 3.8) is 0 Å². The van der Waals surface area contributed by atoms with Crippen LogP contribution in [0.15, 0.2) is 29.3 Å². The zero-order valence-electron chi connectivity index (χ0n) is 18.7. The first-order chi connectivity index (χ1) is 14.2. The number of carbonyl (C=O) groups is 1. The molecule has 0 bridgehead atoms. The van der Waals surface area contributed by atoms with Gasteiger partial charge in [0.2, 0.25) is 5.91 Å². The van der Waals surface area contributed by atoms with Crippen LogP contribution in [0.4, 0.5) is 5.69 Å². The third-order valence-corrected chi connectivity index (χ3v) is 4.00. The SMILES string of the molecule is CCCCOCCOCCNC(=NCc1cccc(NC(=O)CCC)c1)NCC.I. The van der Waals surface area contributed by atoms with Crippen LogP contribution in [-0.4, -0.2) is 51.4 Å². The van der Waals surface area contributed by atoms with Crippen LogP contribution in [0.5, 0.6) is 0 Å². The molecular weight excluding hydrogens is 495 g/mol. The summed E-state index contributed by atoms with van der Waals surface area (Å²) in [5.41, 5.74) is 1.85. The average Bonchev–Trinajstić information content (AvgIpc) is 2.71. The van der Waals surface area contributed by atoms with Gasteiger partial charge in [-0.3, -0.25) is 4.79 Å². The first-order valence-corrected chi connectivity index (χ1v) is 10.8. The summed E-state index contributed by atoms with van der Waals surface area (Å²) in [6.45, 7) is 10.8. The van der Waals surface area contributed by atoms with Crippen LogP contribution in [0, 0.1) is 0 Å². The molecule has 1 rings (SSSR count). The standard InChI is InChI=1S/C22H38N4O3.HI/c1-4-7-13-28-15-16-29-14-12-24-22(23-6-3)25-18-19-10-8-11-20(17-19)26-21(27)9-5-2;/h8,10-11,17H,4-7,9,12-16,18H2,1-3H3,(H,26,27)(H2,23,24,25);1H. The van der Waals surface area contributed by atoms with E-state index in [1.165, 1.54) is 0 Å². The van der Waals surface area contributed by atoms with Gasteiger partial charge in [0.1, 0.15) is 0 Å². The lowest BCUT2D eigenvalue weighted by atomic mass is 10.2. The fourth-order valence-electron chi connectivity index (χ4n) is 2.52. The van der Waals surface area contributed by atoms with Gasteiger partial charge in [0, 0.05) is 31.8 Å². The molecule has 0 fully saturated rings. The Kier molecular flexibility index (Phi) is 18.7. The van der Waals surface area contributed by atoms with Crippen molar-refractivity contribution in [3.8, 4) is 0 Å². The molecule has 0 aliphatic heterocycles. The van der Waals surface area contributed by atoms with E-state index < -0.39 is 0 Å². The molecule has 0 aliphatic rings. The Bertz CT molecular complexity index is 600. The van der Waals surface area contributed by atoms with Crippen molar-refractivity contribution in [2.75, 3.05) is 44.8 Å². The summed E-state index contributed by atoms with van der Waals surface area (Å²) >= 11 is 0. The van der Waals surface area contributed by atoms with Gasteiger partial charge in [-0.1, -0.05) is 32.4 Å². The number of anilines is 1. The molecule has 0 saturated heterocycles. The molecule has 1 amide bonds. The number of hydrogen-bond acceptors (Lipinski definition) is 4. The van der Waals surface area contributed by atoms with Crippen LogP contribution in [0.25, 0.3) is 0 Å². The minimum atomic E-state index is 0. The number of halogens is 1. The maximum atomic E-state index is 11.8. The summed E-state index contributed by atoms with van der Waals surface area (Å²) in [6, 6.07) is 7.79. The number of rotatable bonds is 15. The summed E-state index contributed by atoms with van der Waals surface area (Å²) in [5.74, 6) is 0.787. The number of nitrogens with one attached hydrogen (secondary N) is 3. The van der Waals surface area contributed by atoms with E-state index in [1.54, 1.807) is 0 Å². The second-order valence-electron chi connectivity index (χ2n) is 6.70. The Morgan fingerprint density at radius 2 is 1.77 bits per heavy atom. The van der Waals surface area contributed by atoms with Crippen molar-refractivity contribution in [2.24, 2.45) is 4.99 Å². The first kappa shape index (κ1) is 28.6. The molecule has 0 saturated carbocycles. The Labute approximate surface area is 198 Å². The fourth-order valence-corrected chi connectivity index (χ4v) is 2.52. The van der Waals surface area contributed by atoms with Gasteiger partial charge in [-0.05, 0) is 37.5 Å². The van der Waals surface area contributed by atoms with E-state index in [0.717, 1.165) is 49.6 Å². The molecule has 0 spiro atoms. The van der Waals surface area contributed by atoms with Crippen LogP contribution >= 0.6 is 24.0 Å². The second-order valence-corrected chi connectivity index (χ2v) is 6.70. The van der Waals surface area contributed by atoms with Crippen LogP contribution < -0.4 is 16.0 Å². The fraction of sp³-hybridized carbons (Fsp3) is 0.636. The number of benzene rings is 1. The van der Waals surface area contributed by atoms with Gasteiger partial charge in [0.15, 0.2) is 5.96 Å². The smallest absolute Gasteiger partial charge is 0.224 e. The maximum absolute atomic E-state index is 11.8. The van der Waals surface area contributed by atoms with E-state index in [0.29, 0.717) is 39.3 Å². The average molecular weight is 534 g/mol. The van der Waals surface area contributed by atoms with E-state index in [1.807, 2.05) is 38.1 Å². The zero-order valence-corrected chi connectivity index (χ0v) is 21.0. The highest BCUT2D eigenvalue weighted by molar-refractivity contribution is 14.0. The highest BCUT2D eigenvalue weighted by atomic mass is 127. The molecule has 1 aromatic rings. The summed E-state index contributed by atoms with van der Waals surface area (Å²) in [6.07, 6.45) is 3.61. The maximum Gasteiger partial charge on any atom is 0.224 e. The van der Waals surface area contributed by atoms with Crippen LogP contribution in [0.3, 0.4) is 0 Å². The summed E-state index contributed by atoms with van der Waals surface area (Å²) in [7, 11) is 0. The second kappa shape index (κ2) is 19.6. The Morgan fingerprint density at radius 3 is 2.47 bits per heavy atom. The molecule has 172 valence electrons. The monoisotopic (exact) mass is 534 g/mol. The number of hydrogen-bond donors (Lipinski definition) is 3. The molecule has 0 radical (unpaired) electrons. The molecule has 3 N–H and O–H groups in total. The lowest BCUT2D eigenvalue weighted by molar-refractivity contribution is -0.116. The summed E-state index contributed by atoms with van der Waals surface area (Å²) in [4.78, 5) is 16.4. The van der Waals surface area contributed by atoms with E-state index >= 15 is 0 Å². The van der Waals surface area contributed by atoms with Gasteiger partial charge in [-0.25, -0.2) is 4.99 Å². The molecular formula is C22H39IN4O3. The molecule has 1 aromatic carbocycles. The van der Waals surface area contributed by atoms with Gasteiger partial charge in [-0.2, -0.15) is 0 Å². The number of ether oxygens (including phenoxy) is 2. The highest BCUT2D eigenvalue weighted by Crippen LogP contribution is 2.12. The van der Waals surface area contributed by atoms with Crippen molar-refractivity contribution >= 4 is 41.5 Å². The molecule has 8 heteroatoms. The van der Waals surface area contributed by atoms with Crippen LogP contribution in [0.2, 0.25) is 0 Å². The first-order valence-electron chi connectivity index (χ1n) is 10.8. The Balaban J connectivity index is 0.00000841. The van der Waals surface area contributed by atoms with Gasteiger partial charge >= 0.3 is 0 Å². The zero-order chi connectivity index (χ0) is 21.2. The van der Waals surface area contributed by atoms with Crippen molar-refractivity contribution in [3.05, 3.63) is 29.8 Å². The predicted octanol–water partition coefficient (Wildman–Crippen LogP) is 3.93. The number of carbonyl (C=O) groups excluding carboxylic acids is 1. The van der Waals surface area contributed by atoms with E-state index in [4.69, 9.17) is 9.47 Å². The number of aliphatic imine (C=N–C) groups is 1. The van der Waals surface area contributed by atoms with Crippen molar-refractivity contribution in [1.82, 2.24) is 10.6 Å². The van der Waals surface area contributed by atoms with Gasteiger partial charge in [-0.15, -0.1) is 24.0 Å². The molecule has 7 nitrogen and oxygen atoms in total. The van der Waals surface area contributed by atoms with E-state index in [9.17, 15) is 4.79 Å². The topological polar surface area (TPSA) is 84.0 Å². The van der Waals surface area contributed by atoms with E-state index in [-0.39, 0.29) is 29.9 Å². The largest absolute Gasteiger partial charge is 0.379 e. The molecule has 0 aromatic heterocycles. The van der Waals surface area contributed by atoms with E-state index in [2.05, 4.69) is 27.9 Å². The number of guanidine groups is 1. The van der Waals surface area contributed by atoms with Gasteiger partial charge < -0.3 is 25.4 Å². The number of nitrogens with zero attached hydrogens (tertiary/aromatic N) is 1. The molecule has 0 atom stereocenters. The quantitative estimate of drug-likeness (QED) is 0.138. The van der Waals surface area contributed by atoms with Crippen molar-refractivity contribution in [2.45, 2.75) is 53.0 Å².